The van der Waals surface area contributed by atoms with Crippen molar-refractivity contribution in [1.29, 1.82) is 0 Å². The zero-order valence-corrected chi connectivity index (χ0v) is 11.4. The summed E-state index contributed by atoms with van der Waals surface area (Å²) in [6, 6.07) is 9.84. The van der Waals surface area contributed by atoms with Crippen LogP contribution in [0.3, 0.4) is 0 Å². The van der Waals surface area contributed by atoms with Gasteiger partial charge in [0.1, 0.15) is 0 Å². The lowest BCUT2D eigenvalue weighted by molar-refractivity contribution is 0.0773. The van der Waals surface area contributed by atoms with Gasteiger partial charge < -0.3 is 15.0 Å². The summed E-state index contributed by atoms with van der Waals surface area (Å²) in [5.41, 5.74) is 7.24. The molecule has 0 spiro atoms. The average molecular weight is 273 g/mol. The Balaban J connectivity index is 1.65. The fourth-order valence-electron chi connectivity index (χ4n) is 2.47. The molecule has 1 aliphatic rings. The molecule has 106 valence electrons. The van der Waals surface area contributed by atoms with Crippen molar-refractivity contribution in [2.24, 2.45) is 5.73 Å². The number of aromatic nitrogens is 2. The molecule has 2 aromatic rings. The SMILES string of the molecule is NC(Cc1nc(C2CCCOC2)no1)c1ccccc1. The van der Waals surface area contributed by atoms with Crippen molar-refractivity contribution in [2.75, 3.05) is 13.2 Å². The molecule has 1 saturated heterocycles. The van der Waals surface area contributed by atoms with Crippen LogP contribution in [0.5, 0.6) is 0 Å². The molecule has 0 saturated carbocycles. The van der Waals surface area contributed by atoms with E-state index < -0.39 is 0 Å². The van der Waals surface area contributed by atoms with Crippen LogP contribution in [0, 0.1) is 0 Å². The summed E-state index contributed by atoms with van der Waals surface area (Å²) in [4.78, 5) is 4.46. The number of nitrogens with zero attached hydrogens (tertiary/aromatic N) is 2. The van der Waals surface area contributed by atoms with Gasteiger partial charge in [-0.1, -0.05) is 35.5 Å². The van der Waals surface area contributed by atoms with E-state index in [-0.39, 0.29) is 12.0 Å². The summed E-state index contributed by atoms with van der Waals surface area (Å²) in [5.74, 6) is 1.61. The van der Waals surface area contributed by atoms with Crippen molar-refractivity contribution in [3.8, 4) is 0 Å². The van der Waals surface area contributed by atoms with Crippen LogP contribution in [0.25, 0.3) is 0 Å². The highest BCUT2D eigenvalue weighted by atomic mass is 16.5. The summed E-state index contributed by atoms with van der Waals surface area (Å²) in [6.07, 6.45) is 2.67. The van der Waals surface area contributed by atoms with E-state index in [2.05, 4.69) is 10.1 Å². The van der Waals surface area contributed by atoms with Crippen LogP contribution >= 0.6 is 0 Å². The Morgan fingerprint density at radius 1 is 1.30 bits per heavy atom. The van der Waals surface area contributed by atoms with Crippen molar-refractivity contribution in [3.05, 3.63) is 47.6 Å². The van der Waals surface area contributed by atoms with E-state index in [1.165, 1.54) is 0 Å². The van der Waals surface area contributed by atoms with Crippen LogP contribution in [0.4, 0.5) is 0 Å². The van der Waals surface area contributed by atoms with Gasteiger partial charge in [-0.25, -0.2) is 0 Å². The second-order valence-electron chi connectivity index (χ2n) is 5.18. The second kappa shape index (κ2) is 6.15. The molecule has 2 heterocycles. The van der Waals surface area contributed by atoms with E-state index in [0.29, 0.717) is 18.9 Å². The number of rotatable bonds is 4. The molecule has 5 nitrogen and oxygen atoms in total. The summed E-state index contributed by atoms with van der Waals surface area (Å²) >= 11 is 0. The first-order valence-electron chi connectivity index (χ1n) is 7.03. The number of benzene rings is 1. The normalized spacial score (nSPS) is 20.8. The van der Waals surface area contributed by atoms with Crippen LogP contribution in [0.2, 0.25) is 0 Å². The second-order valence-corrected chi connectivity index (χ2v) is 5.18. The van der Waals surface area contributed by atoms with Crippen LogP contribution in [0.1, 0.15) is 42.1 Å². The molecule has 1 aromatic carbocycles. The Morgan fingerprint density at radius 3 is 2.90 bits per heavy atom. The number of ether oxygens (including phenoxy) is 1. The van der Waals surface area contributed by atoms with Gasteiger partial charge in [-0.05, 0) is 18.4 Å². The Morgan fingerprint density at radius 2 is 2.15 bits per heavy atom. The molecule has 2 N–H and O–H groups in total. The van der Waals surface area contributed by atoms with Gasteiger partial charge in [0.05, 0.1) is 6.61 Å². The molecule has 1 fully saturated rings. The minimum absolute atomic E-state index is 0.118. The van der Waals surface area contributed by atoms with Gasteiger partial charge in [-0.2, -0.15) is 4.98 Å². The first kappa shape index (κ1) is 13.3. The van der Waals surface area contributed by atoms with Crippen LogP contribution < -0.4 is 5.73 Å². The smallest absolute Gasteiger partial charge is 0.228 e. The van der Waals surface area contributed by atoms with E-state index in [1.54, 1.807) is 0 Å². The first-order valence-corrected chi connectivity index (χ1v) is 7.03. The largest absolute Gasteiger partial charge is 0.381 e. The van der Waals surface area contributed by atoms with Crippen molar-refractivity contribution >= 4 is 0 Å². The number of hydrogen-bond acceptors (Lipinski definition) is 5. The van der Waals surface area contributed by atoms with E-state index in [4.69, 9.17) is 15.0 Å². The van der Waals surface area contributed by atoms with Gasteiger partial charge in [-0.3, -0.25) is 0 Å². The molecule has 1 aromatic heterocycles. The zero-order valence-electron chi connectivity index (χ0n) is 11.4. The molecule has 0 radical (unpaired) electrons. The number of hydrogen-bond donors (Lipinski definition) is 1. The van der Waals surface area contributed by atoms with Crippen molar-refractivity contribution in [3.63, 3.8) is 0 Å². The molecule has 0 bridgehead atoms. The molecule has 1 aliphatic heterocycles. The van der Waals surface area contributed by atoms with Gasteiger partial charge in [0.2, 0.25) is 5.89 Å². The van der Waals surface area contributed by atoms with E-state index >= 15 is 0 Å². The van der Waals surface area contributed by atoms with Gasteiger partial charge in [-0.15, -0.1) is 0 Å². The van der Waals surface area contributed by atoms with Crippen molar-refractivity contribution < 1.29 is 9.26 Å². The van der Waals surface area contributed by atoms with Crippen LogP contribution in [-0.4, -0.2) is 23.4 Å². The van der Waals surface area contributed by atoms with Gasteiger partial charge >= 0.3 is 0 Å². The fourth-order valence-corrected chi connectivity index (χ4v) is 2.47. The molecule has 2 atom stereocenters. The highest BCUT2D eigenvalue weighted by molar-refractivity contribution is 5.19. The minimum atomic E-state index is -0.118. The molecule has 0 aliphatic carbocycles. The lowest BCUT2D eigenvalue weighted by atomic mass is 10.0. The summed E-state index contributed by atoms with van der Waals surface area (Å²) in [5, 5.41) is 4.06. The van der Waals surface area contributed by atoms with E-state index in [1.807, 2.05) is 30.3 Å². The van der Waals surface area contributed by atoms with Crippen molar-refractivity contribution in [2.45, 2.75) is 31.2 Å². The summed E-state index contributed by atoms with van der Waals surface area (Å²) < 4.78 is 10.8. The Bertz CT molecular complexity index is 535. The fraction of sp³-hybridized carbons (Fsp3) is 0.467. The lowest BCUT2D eigenvalue weighted by Crippen LogP contribution is -2.17. The standard InChI is InChI=1S/C15H19N3O2/c16-13(11-5-2-1-3-6-11)9-14-17-15(18-20-14)12-7-4-8-19-10-12/h1-3,5-6,12-13H,4,7-10,16H2. The predicted octanol–water partition coefficient (Wildman–Crippen LogP) is 2.21. The molecular formula is C15H19N3O2. The minimum Gasteiger partial charge on any atom is -0.381 e. The molecule has 20 heavy (non-hydrogen) atoms. The van der Waals surface area contributed by atoms with E-state index in [0.717, 1.165) is 30.8 Å². The maximum Gasteiger partial charge on any atom is 0.228 e. The van der Waals surface area contributed by atoms with Crippen molar-refractivity contribution in [1.82, 2.24) is 10.1 Å². The molecule has 5 heteroatoms. The first-order chi connectivity index (χ1) is 9.83. The number of nitrogens with two attached hydrogens (primary N) is 1. The van der Waals surface area contributed by atoms with E-state index in [9.17, 15) is 0 Å². The van der Waals surface area contributed by atoms with Gasteiger partial charge in [0, 0.05) is 25.0 Å². The Kier molecular flexibility index (Phi) is 4.08. The van der Waals surface area contributed by atoms with Gasteiger partial charge in [0.15, 0.2) is 5.82 Å². The topological polar surface area (TPSA) is 74.2 Å². The van der Waals surface area contributed by atoms with Gasteiger partial charge in [0.25, 0.3) is 0 Å². The Hall–Kier alpha value is -1.72. The maximum atomic E-state index is 6.16. The zero-order chi connectivity index (χ0) is 13.8. The quantitative estimate of drug-likeness (QED) is 0.924. The molecule has 3 rings (SSSR count). The monoisotopic (exact) mass is 273 g/mol. The maximum absolute atomic E-state index is 6.16. The van der Waals surface area contributed by atoms with Crippen LogP contribution in [-0.2, 0) is 11.2 Å². The average Bonchev–Trinajstić information content (AvgIpc) is 2.97. The third kappa shape index (κ3) is 3.05. The third-order valence-electron chi connectivity index (χ3n) is 3.63. The molecule has 2 unspecified atom stereocenters. The Labute approximate surface area is 118 Å². The van der Waals surface area contributed by atoms with Crippen LogP contribution in [0.15, 0.2) is 34.9 Å². The summed E-state index contributed by atoms with van der Waals surface area (Å²) in [6.45, 7) is 1.52. The molecular weight excluding hydrogens is 254 g/mol. The molecule has 0 amide bonds. The predicted molar refractivity (Wildman–Crippen MR) is 74.2 cm³/mol. The third-order valence-corrected chi connectivity index (χ3v) is 3.63. The highest BCUT2D eigenvalue weighted by Crippen LogP contribution is 2.23. The summed E-state index contributed by atoms with van der Waals surface area (Å²) in [7, 11) is 0. The highest BCUT2D eigenvalue weighted by Gasteiger charge is 2.22. The lowest BCUT2D eigenvalue weighted by Gasteiger charge is -2.18.